The molecule has 2 rings (SSSR count). The summed E-state index contributed by atoms with van der Waals surface area (Å²) in [6.07, 6.45) is 4.30. The number of carbonyl (C=O) groups is 1. The zero-order valence-electron chi connectivity index (χ0n) is 12.2. The maximum Gasteiger partial charge on any atom is 0.236 e. The Balaban J connectivity index is 2.16. The molecule has 2 atom stereocenters. The monoisotopic (exact) mass is 283 g/mol. The lowest BCUT2D eigenvalue weighted by atomic mass is 9.61. The van der Waals surface area contributed by atoms with Crippen LogP contribution >= 0.6 is 0 Å². The van der Waals surface area contributed by atoms with Crippen molar-refractivity contribution in [3.05, 3.63) is 0 Å². The summed E-state index contributed by atoms with van der Waals surface area (Å²) in [4.78, 5) is 14.4. The van der Waals surface area contributed by atoms with E-state index in [1.807, 2.05) is 6.92 Å². The van der Waals surface area contributed by atoms with E-state index in [0.29, 0.717) is 18.8 Å². The zero-order valence-corrected chi connectivity index (χ0v) is 12.2. The van der Waals surface area contributed by atoms with Crippen molar-refractivity contribution in [3.63, 3.8) is 0 Å². The molecule has 114 valence electrons. The van der Waals surface area contributed by atoms with Crippen molar-refractivity contribution in [2.24, 2.45) is 22.2 Å². The topological polar surface area (TPSA) is 99.2 Å². The van der Waals surface area contributed by atoms with Crippen LogP contribution in [0.1, 0.15) is 45.4 Å². The Morgan fingerprint density at radius 2 is 1.95 bits per heavy atom. The molecule has 0 heterocycles. The van der Waals surface area contributed by atoms with Crippen molar-refractivity contribution < 1.29 is 15.1 Å². The minimum Gasteiger partial charge on any atom is -0.409 e. The number of nitrogens with two attached hydrogens (primary N) is 1. The first kappa shape index (κ1) is 15.1. The summed E-state index contributed by atoms with van der Waals surface area (Å²) >= 11 is 0. The van der Waals surface area contributed by atoms with E-state index in [1.54, 1.807) is 11.9 Å². The maximum atomic E-state index is 12.8. The average Bonchev–Trinajstić information content (AvgIpc) is 2.41. The number of hydrogen-bond donors (Lipinski definition) is 3. The molecule has 0 aromatic heterocycles. The summed E-state index contributed by atoms with van der Waals surface area (Å²) in [6.45, 7) is 2.05. The minimum absolute atomic E-state index is 0.00208. The number of nitrogens with zero attached hydrogens (tertiary/aromatic N) is 2. The highest BCUT2D eigenvalue weighted by atomic mass is 16.4. The molecule has 0 aliphatic heterocycles. The zero-order chi connectivity index (χ0) is 14.9. The standard InChI is InChI=1S/C14H25N3O3/c1-9-7-14(8-9,12(15)16-20)13(19)17(2)10-5-3-4-6-11(10)18/h9-11,18,20H,3-8H2,1-2H3,(H2,15,16). The number of carbonyl (C=O) groups excluding carboxylic acids is 1. The van der Waals surface area contributed by atoms with Crippen LogP contribution in [0.15, 0.2) is 5.16 Å². The number of aliphatic hydroxyl groups is 1. The third kappa shape index (κ3) is 2.37. The number of oxime groups is 1. The van der Waals surface area contributed by atoms with Crippen LogP contribution < -0.4 is 5.73 Å². The molecule has 0 spiro atoms. The smallest absolute Gasteiger partial charge is 0.236 e. The quantitative estimate of drug-likeness (QED) is 0.310. The highest BCUT2D eigenvalue weighted by Crippen LogP contribution is 2.47. The van der Waals surface area contributed by atoms with Gasteiger partial charge in [0.25, 0.3) is 0 Å². The van der Waals surface area contributed by atoms with Gasteiger partial charge in [-0.1, -0.05) is 24.9 Å². The Hall–Kier alpha value is -1.30. The van der Waals surface area contributed by atoms with Gasteiger partial charge in [0.05, 0.1) is 12.1 Å². The molecule has 0 radical (unpaired) electrons. The number of rotatable bonds is 3. The summed E-state index contributed by atoms with van der Waals surface area (Å²) in [5, 5.41) is 22.1. The first-order valence-electron chi connectivity index (χ1n) is 7.35. The summed E-state index contributed by atoms with van der Waals surface area (Å²) < 4.78 is 0. The molecule has 2 saturated carbocycles. The van der Waals surface area contributed by atoms with E-state index in [1.165, 1.54) is 0 Å². The Kier molecular flexibility index (Phi) is 4.22. The molecule has 2 unspecified atom stereocenters. The first-order valence-corrected chi connectivity index (χ1v) is 7.35. The van der Waals surface area contributed by atoms with Crippen LogP contribution in [-0.2, 0) is 4.79 Å². The van der Waals surface area contributed by atoms with Crippen LogP contribution in [0.4, 0.5) is 0 Å². The molecule has 6 heteroatoms. The molecule has 4 N–H and O–H groups in total. The Morgan fingerprint density at radius 3 is 2.45 bits per heavy atom. The summed E-state index contributed by atoms with van der Waals surface area (Å²) in [5.74, 6) is 0.263. The minimum atomic E-state index is -0.875. The van der Waals surface area contributed by atoms with Gasteiger partial charge in [0, 0.05) is 7.05 Å². The van der Waals surface area contributed by atoms with E-state index in [4.69, 9.17) is 10.9 Å². The number of amides is 1. The van der Waals surface area contributed by atoms with E-state index >= 15 is 0 Å². The molecule has 2 aliphatic carbocycles. The molecule has 0 aromatic rings. The fourth-order valence-corrected chi connectivity index (χ4v) is 3.75. The molecule has 0 aromatic carbocycles. The van der Waals surface area contributed by atoms with Crippen molar-refractivity contribution >= 4 is 11.7 Å². The van der Waals surface area contributed by atoms with E-state index in [0.717, 1.165) is 25.7 Å². The van der Waals surface area contributed by atoms with Gasteiger partial charge in [0.1, 0.15) is 5.41 Å². The van der Waals surface area contributed by atoms with Gasteiger partial charge in [-0.15, -0.1) is 0 Å². The van der Waals surface area contributed by atoms with Crippen molar-refractivity contribution in [3.8, 4) is 0 Å². The second-order valence-electron chi connectivity index (χ2n) is 6.42. The number of hydrogen-bond acceptors (Lipinski definition) is 4. The second kappa shape index (κ2) is 5.60. The summed E-state index contributed by atoms with van der Waals surface area (Å²) in [7, 11) is 1.72. The predicted octanol–water partition coefficient (Wildman–Crippen LogP) is 0.911. The number of likely N-dealkylation sites (N-methyl/N-ethyl adjacent to an activating group) is 1. The van der Waals surface area contributed by atoms with Crippen LogP contribution in [0.3, 0.4) is 0 Å². The van der Waals surface area contributed by atoms with E-state index in [9.17, 15) is 9.90 Å². The normalized spacial score (nSPS) is 38.1. The van der Waals surface area contributed by atoms with Crippen molar-refractivity contribution in [1.82, 2.24) is 4.90 Å². The van der Waals surface area contributed by atoms with Gasteiger partial charge in [-0.3, -0.25) is 4.79 Å². The van der Waals surface area contributed by atoms with Crippen molar-refractivity contribution in [1.29, 1.82) is 0 Å². The molecular weight excluding hydrogens is 258 g/mol. The van der Waals surface area contributed by atoms with Gasteiger partial charge >= 0.3 is 0 Å². The number of amidine groups is 1. The fourth-order valence-electron chi connectivity index (χ4n) is 3.75. The lowest BCUT2D eigenvalue weighted by molar-refractivity contribution is -0.148. The van der Waals surface area contributed by atoms with Gasteiger partial charge < -0.3 is 20.9 Å². The third-order valence-electron chi connectivity index (χ3n) is 4.91. The lowest BCUT2D eigenvalue weighted by Crippen LogP contribution is -2.60. The average molecular weight is 283 g/mol. The summed E-state index contributed by atoms with van der Waals surface area (Å²) in [5.41, 5.74) is 4.89. The summed E-state index contributed by atoms with van der Waals surface area (Å²) in [6, 6.07) is -0.157. The van der Waals surface area contributed by atoms with Crippen LogP contribution in [0, 0.1) is 11.3 Å². The molecule has 20 heavy (non-hydrogen) atoms. The van der Waals surface area contributed by atoms with E-state index in [2.05, 4.69) is 5.16 Å². The van der Waals surface area contributed by atoms with Crippen LogP contribution in [0.2, 0.25) is 0 Å². The van der Waals surface area contributed by atoms with E-state index in [-0.39, 0.29) is 17.8 Å². The maximum absolute atomic E-state index is 12.8. The largest absolute Gasteiger partial charge is 0.409 e. The van der Waals surface area contributed by atoms with Crippen LogP contribution in [-0.4, -0.2) is 46.1 Å². The van der Waals surface area contributed by atoms with Crippen molar-refractivity contribution in [2.45, 2.75) is 57.6 Å². The lowest BCUT2D eigenvalue weighted by Gasteiger charge is -2.48. The first-order chi connectivity index (χ1) is 9.42. The predicted molar refractivity (Wildman–Crippen MR) is 75.3 cm³/mol. The van der Waals surface area contributed by atoms with Gasteiger partial charge in [-0.05, 0) is 31.6 Å². The Morgan fingerprint density at radius 1 is 1.35 bits per heavy atom. The molecule has 2 aliphatic rings. The second-order valence-corrected chi connectivity index (χ2v) is 6.42. The van der Waals surface area contributed by atoms with Crippen LogP contribution in [0.5, 0.6) is 0 Å². The van der Waals surface area contributed by atoms with Crippen LogP contribution in [0.25, 0.3) is 0 Å². The molecule has 0 saturated heterocycles. The fraction of sp³-hybridized carbons (Fsp3) is 0.857. The third-order valence-corrected chi connectivity index (χ3v) is 4.91. The molecular formula is C14H25N3O3. The van der Waals surface area contributed by atoms with Gasteiger partial charge in [0.2, 0.25) is 5.91 Å². The van der Waals surface area contributed by atoms with Gasteiger partial charge in [0.15, 0.2) is 5.84 Å². The molecule has 0 bridgehead atoms. The Labute approximate surface area is 119 Å². The highest BCUT2D eigenvalue weighted by Gasteiger charge is 2.54. The molecule has 2 fully saturated rings. The molecule has 1 amide bonds. The van der Waals surface area contributed by atoms with Gasteiger partial charge in [-0.2, -0.15) is 0 Å². The van der Waals surface area contributed by atoms with E-state index < -0.39 is 11.5 Å². The van der Waals surface area contributed by atoms with Gasteiger partial charge in [-0.25, -0.2) is 0 Å². The highest BCUT2D eigenvalue weighted by molar-refractivity contribution is 6.07. The van der Waals surface area contributed by atoms with Crippen molar-refractivity contribution in [2.75, 3.05) is 7.05 Å². The SMILES string of the molecule is CC1CC(C(=O)N(C)C2CCCCC2O)(C(N)=NO)C1. The molecule has 6 nitrogen and oxygen atoms in total. The number of aliphatic hydroxyl groups excluding tert-OH is 1. The Bertz CT molecular complexity index is 404.